The van der Waals surface area contributed by atoms with Gasteiger partial charge in [0, 0.05) is 19.6 Å². The van der Waals surface area contributed by atoms with E-state index in [1.165, 1.54) is 52.0 Å². The Morgan fingerprint density at radius 3 is 2.00 bits per heavy atom. The average molecular weight is 275 g/mol. The average Bonchev–Trinajstić information content (AvgIpc) is 2.13. The van der Waals surface area contributed by atoms with E-state index < -0.39 is 0 Å². The van der Waals surface area contributed by atoms with Gasteiger partial charge in [-0.2, -0.15) is 0 Å². The summed E-state index contributed by atoms with van der Waals surface area (Å²) < 4.78 is 0. The third-order valence-electron chi connectivity index (χ3n) is 4.24. The highest BCUT2D eigenvalue weighted by Crippen LogP contribution is 2.40. The van der Waals surface area contributed by atoms with E-state index in [1.807, 2.05) is 0 Å². The van der Waals surface area contributed by atoms with Crippen molar-refractivity contribution in [3.63, 3.8) is 0 Å². The van der Waals surface area contributed by atoms with E-state index in [1.54, 1.807) is 0 Å². The number of hydrogen-bond donors (Lipinski definition) is 1. The molecule has 2 rings (SSSR count). The van der Waals surface area contributed by atoms with Crippen molar-refractivity contribution in [1.29, 1.82) is 0 Å². The van der Waals surface area contributed by atoms with Gasteiger partial charge >= 0.3 is 0 Å². The standard InChI is InChI=1S/C15H30N2.ClH/c1-14(2)10-15(3,4)12-17(11-14)9-13-5-7-16-8-6-13;/h13,16H,5-12H2,1-4H3;1H. The highest BCUT2D eigenvalue weighted by molar-refractivity contribution is 5.85. The summed E-state index contributed by atoms with van der Waals surface area (Å²) in [6.45, 7) is 16.1. The van der Waals surface area contributed by atoms with Gasteiger partial charge in [0.05, 0.1) is 0 Å². The van der Waals surface area contributed by atoms with Crippen LogP contribution < -0.4 is 5.32 Å². The van der Waals surface area contributed by atoms with Gasteiger partial charge in [0.2, 0.25) is 0 Å². The molecule has 0 aromatic carbocycles. The van der Waals surface area contributed by atoms with Crippen LogP contribution in [0.15, 0.2) is 0 Å². The van der Waals surface area contributed by atoms with E-state index in [4.69, 9.17) is 0 Å². The second-order valence-electron chi connectivity index (χ2n) is 7.87. The number of rotatable bonds is 2. The molecule has 108 valence electrons. The van der Waals surface area contributed by atoms with Crippen LogP contribution in [0.5, 0.6) is 0 Å². The number of hydrogen-bond acceptors (Lipinski definition) is 2. The SMILES string of the molecule is CC1(C)CN(CC2CCNCC2)CC(C)(C)C1.Cl. The molecule has 2 fully saturated rings. The van der Waals surface area contributed by atoms with Gasteiger partial charge in [0.25, 0.3) is 0 Å². The van der Waals surface area contributed by atoms with Crippen molar-refractivity contribution in [1.82, 2.24) is 10.2 Å². The largest absolute Gasteiger partial charge is 0.317 e. The van der Waals surface area contributed by atoms with Gasteiger partial charge in [-0.3, -0.25) is 0 Å². The van der Waals surface area contributed by atoms with Gasteiger partial charge in [-0.1, -0.05) is 27.7 Å². The molecule has 1 N–H and O–H groups in total. The zero-order chi connectivity index (χ0) is 12.5. The lowest BCUT2D eigenvalue weighted by Crippen LogP contribution is -2.50. The minimum atomic E-state index is 0. The van der Waals surface area contributed by atoms with Crippen LogP contribution in [-0.4, -0.2) is 37.6 Å². The summed E-state index contributed by atoms with van der Waals surface area (Å²) in [6, 6.07) is 0. The minimum Gasteiger partial charge on any atom is -0.317 e. The Labute approximate surface area is 119 Å². The molecule has 0 aromatic heterocycles. The Morgan fingerprint density at radius 2 is 1.50 bits per heavy atom. The molecule has 0 amide bonds. The minimum absolute atomic E-state index is 0. The Kier molecular flexibility index (Phi) is 5.52. The zero-order valence-electron chi connectivity index (χ0n) is 12.6. The summed E-state index contributed by atoms with van der Waals surface area (Å²) in [4.78, 5) is 2.74. The van der Waals surface area contributed by atoms with Gasteiger partial charge in [0.1, 0.15) is 0 Å². The van der Waals surface area contributed by atoms with Gasteiger partial charge in [-0.05, 0) is 49.1 Å². The number of nitrogens with zero attached hydrogens (tertiary/aromatic N) is 1. The first-order valence-electron chi connectivity index (χ1n) is 7.29. The summed E-state index contributed by atoms with van der Waals surface area (Å²) in [5, 5.41) is 3.47. The molecule has 0 spiro atoms. The lowest BCUT2D eigenvalue weighted by atomic mass is 9.71. The second-order valence-corrected chi connectivity index (χ2v) is 7.87. The smallest absolute Gasteiger partial charge is 0.00332 e. The Balaban J connectivity index is 0.00000162. The van der Waals surface area contributed by atoms with Gasteiger partial charge < -0.3 is 10.2 Å². The van der Waals surface area contributed by atoms with Crippen LogP contribution in [-0.2, 0) is 0 Å². The zero-order valence-corrected chi connectivity index (χ0v) is 13.4. The highest BCUT2D eigenvalue weighted by Gasteiger charge is 2.37. The molecule has 18 heavy (non-hydrogen) atoms. The van der Waals surface area contributed by atoms with Crippen molar-refractivity contribution in [2.45, 2.75) is 47.0 Å². The molecule has 2 nitrogen and oxygen atoms in total. The van der Waals surface area contributed by atoms with E-state index in [9.17, 15) is 0 Å². The lowest BCUT2D eigenvalue weighted by molar-refractivity contribution is 0.0162. The van der Waals surface area contributed by atoms with Crippen molar-refractivity contribution < 1.29 is 0 Å². The highest BCUT2D eigenvalue weighted by atomic mass is 35.5. The first kappa shape index (κ1) is 16.3. The molecule has 2 aliphatic heterocycles. The maximum Gasteiger partial charge on any atom is 0.00332 e. The topological polar surface area (TPSA) is 15.3 Å². The fourth-order valence-corrected chi connectivity index (χ4v) is 4.23. The Morgan fingerprint density at radius 1 is 1.00 bits per heavy atom. The van der Waals surface area contributed by atoms with Crippen LogP contribution >= 0.6 is 12.4 Å². The van der Waals surface area contributed by atoms with E-state index in [-0.39, 0.29) is 12.4 Å². The van der Waals surface area contributed by atoms with Crippen LogP contribution in [0.2, 0.25) is 0 Å². The molecular formula is C15H31ClN2. The predicted octanol–water partition coefficient (Wildman–Crippen LogP) is 3.17. The molecule has 2 saturated heterocycles. The third kappa shape index (κ3) is 4.71. The van der Waals surface area contributed by atoms with Crippen molar-refractivity contribution in [2.24, 2.45) is 16.7 Å². The molecule has 0 aromatic rings. The van der Waals surface area contributed by atoms with Gasteiger partial charge in [-0.15, -0.1) is 12.4 Å². The van der Waals surface area contributed by atoms with Crippen LogP contribution in [0.25, 0.3) is 0 Å². The summed E-state index contributed by atoms with van der Waals surface area (Å²) >= 11 is 0. The van der Waals surface area contributed by atoms with Crippen molar-refractivity contribution >= 4 is 12.4 Å². The fraction of sp³-hybridized carbons (Fsp3) is 1.00. The first-order chi connectivity index (χ1) is 7.86. The van der Waals surface area contributed by atoms with Crippen LogP contribution in [0, 0.1) is 16.7 Å². The molecule has 0 aliphatic carbocycles. The van der Waals surface area contributed by atoms with Crippen molar-refractivity contribution in [3.8, 4) is 0 Å². The number of nitrogens with one attached hydrogen (secondary N) is 1. The van der Waals surface area contributed by atoms with Gasteiger partial charge in [-0.25, -0.2) is 0 Å². The second kappa shape index (κ2) is 6.11. The van der Waals surface area contributed by atoms with E-state index in [0.717, 1.165) is 5.92 Å². The Hall–Kier alpha value is 0.210. The molecule has 2 aliphatic rings. The third-order valence-corrected chi connectivity index (χ3v) is 4.24. The molecular weight excluding hydrogens is 244 g/mol. The summed E-state index contributed by atoms with van der Waals surface area (Å²) in [6.07, 6.45) is 4.11. The van der Waals surface area contributed by atoms with Crippen molar-refractivity contribution in [2.75, 3.05) is 32.7 Å². The predicted molar refractivity (Wildman–Crippen MR) is 81.5 cm³/mol. The van der Waals surface area contributed by atoms with E-state index >= 15 is 0 Å². The molecule has 0 saturated carbocycles. The number of halogens is 1. The number of likely N-dealkylation sites (tertiary alicyclic amines) is 1. The normalized spacial score (nSPS) is 28.7. The molecule has 0 bridgehead atoms. The van der Waals surface area contributed by atoms with Crippen molar-refractivity contribution in [3.05, 3.63) is 0 Å². The molecule has 0 radical (unpaired) electrons. The summed E-state index contributed by atoms with van der Waals surface area (Å²) in [7, 11) is 0. The fourth-order valence-electron chi connectivity index (χ4n) is 4.23. The van der Waals surface area contributed by atoms with Crippen LogP contribution in [0.4, 0.5) is 0 Å². The van der Waals surface area contributed by atoms with E-state index in [0.29, 0.717) is 10.8 Å². The first-order valence-corrected chi connectivity index (χ1v) is 7.29. The molecule has 0 unspecified atom stereocenters. The maximum absolute atomic E-state index is 3.47. The Bertz CT molecular complexity index is 241. The van der Waals surface area contributed by atoms with E-state index in [2.05, 4.69) is 37.9 Å². The monoisotopic (exact) mass is 274 g/mol. The summed E-state index contributed by atoms with van der Waals surface area (Å²) in [5.41, 5.74) is 0.989. The quantitative estimate of drug-likeness (QED) is 0.832. The molecule has 0 atom stereocenters. The number of piperidine rings is 2. The molecule has 2 heterocycles. The van der Waals surface area contributed by atoms with Crippen LogP contribution in [0.3, 0.4) is 0 Å². The molecule has 3 heteroatoms. The maximum atomic E-state index is 3.47. The van der Waals surface area contributed by atoms with Crippen LogP contribution in [0.1, 0.15) is 47.0 Å². The van der Waals surface area contributed by atoms with Gasteiger partial charge in [0.15, 0.2) is 0 Å². The summed E-state index contributed by atoms with van der Waals surface area (Å²) in [5.74, 6) is 0.931. The lowest BCUT2D eigenvalue weighted by Gasteiger charge is -2.48.